The van der Waals surface area contributed by atoms with E-state index in [4.69, 9.17) is 23.8 Å². The Morgan fingerprint density at radius 3 is 1.05 bits per heavy atom. The lowest BCUT2D eigenvalue weighted by molar-refractivity contribution is 0.668. The van der Waals surface area contributed by atoms with Crippen LogP contribution in [0, 0.1) is 0 Å². The Kier molecular flexibility index (Phi) is 7.27. The molecular weight excluding hydrogens is 787 g/mol. The number of para-hydroxylation sites is 6. The molecule has 7 heteroatoms. The topological polar surface area (TPSA) is 74.8 Å². The van der Waals surface area contributed by atoms with E-state index in [1.807, 2.05) is 42.5 Å². The maximum atomic E-state index is 6.61. The molecule has 0 fully saturated rings. The standard InChI is InChI=1S/C57H33N5O2/c1-2-16-34(17-3-1)55-58-56(43-30-41-39-22-8-14-28-51(39)63-53(41)32-49(43)61-45-24-10-4-18-35(45)36-19-5-11-25-46(36)61)60-57(59-55)44-31-42-40-23-9-15-29-52(40)64-54(42)33-50(44)62-47-26-12-6-20-37(47)38-21-7-13-27-48(38)62/h1-33H. The summed E-state index contributed by atoms with van der Waals surface area (Å²) in [5, 5.41) is 8.65. The van der Waals surface area contributed by atoms with Crippen LogP contribution in [0.1, 0.15) is 0 Å². The smallest absolute Gasteiger partial charge is 0.166 e. The van der Waals surface area contributed by atoms with Crippen molar-refractivity contribution >= 4 is 87.5 Å². The van der Waals surface area contributed by atoms with Crippen molar-refractivity contribution in [2.45, 2.75) is 0 Å². The Balaban J connectivity index is 1.13. The molecule has 14 aromatic rings. The summed E-state index contributed by atoms with van der Waals surface area (Å²) in [6.45, 7) is 0. The van der Waals surface area contributed by atoms with Gasteiger partial charge in [-0.15, -0.1) is 0 Å². The van der Waals surface area contributed by atoms with E-state index in [2.05, 4.69) is 167 Å². The van der Waals surface area contributed by atoms with Gasteiger partial charge in [0.1, 0.15) is 22.3 Å². The summed E-state index contributed by atoms with van der Waals surface area (Å²) in [4.78, 5) is 16.4. The van der Waals surface area contributed by atoms with E-state index in [1.165, 1.54) is 0 Å². The molecule has 14 rings (SSSR count). The number of furan rings is 2. The average molecular weight is 820 g/mol. The summed E-state index contributed by atoms with van der Waals surface area (Å²) in [6.07, 6.45) is 0. The molecule has 0 radical (unpaired) electrons. The molecule has 5 aromatic heterocycles. The number of hydrogen-bond donors (Lipinski definition) is 0. The van der Waals surface area contributed by atoms with Crippen LogP contribution in [-0.2, 0) is 0 Å². The van der Waals surface area contributed by atoms with E-state index in [9.17, 15) is 0 Å². The zero-order valence-corrected chi connectivity index (χ0v) is 34.1. The fraction of sp³-hybridized carbons (Fsp3) is 0. The highest BCUT2D eigenvalue weighted by molar-refractivity contribution is 6.14. The Morgan fingerprint density at radius 1 is 0.281 bits per heavy atom. The monoisotopic (exact) mass is 819 g/mol. The van der Waals surface area contributed by atoms with Gasteiger partial charge >= 0.3 is 0 Å². The first-order valence-corrected chi connectivity index (χ1v) is 21.4. The van der Waals surface area contributed by atoms with Gasteiger partial charge in [-0.3, -0.25) is 0 Å². The zero-order chi connectivity index (χ0) is 41.9. The number of nitrogens with zero attached hydrogens (tertiary/aromatic N) is 5. The second-order valence-electron chi connectivity index (χ2n) is 16.3. The molecule has 0 atom stereocenters. The quantitative estimate of drug-likeness (QED) is 0.173. The minimum atomic E-state index is 0.540. The van der Waals surface area contributed by atoms with Crippen LogP contribution in [0.15, 0.2) is 209 Å². The van der Waals surface area contributed by atoms with Gasteiger partial charge in [-0.2, -0.15) is 0 Å². The van der Waals surface area contributed by atoms with Gasteiger partial charge in [0, 0.05) is 71.9 Å². The van der Waals surface area contributed by atoms with E-state index >= 15 is 0 Å². The van der Waals surface area contributed by atoms with E-state index in [-0.39, 0.29) is 0 Å². The van der Waals surface area contributed by atoms with Crippen LogP contribution in [0.25, 0.3) is 133 Å². The lowest BCUT2D eigenvalue weighted by Gasteiger charge is -2.17. The van der Waals surface area contributed by atoms with Crippen LogP contribution in [0.2, 0.25) is 0 Å². The minimum Gasteiger partial charge on any atom is -0.456 e. The van der Waals surface area contributed by atoms with Gasteiger partial charge < -0.3 is 18.0 Å². The van der Waals surface area contributed by atoms with Crippen molar-refractivity contribution in [1.29, 1.82) is 0 Å². The molecule has 7 nitrogen and oxygen atoms in total. The molecule has 298 valence electrons. The van der Waals surface area contributed by atoms with Crippen LogP contribution >= 0.6 is 0 Å². The van der Waals surface area contributed by atoms with Crippen molar-refractivity contribution in [3.05, 3.63) is 200 Å². The van der Waals surface area contributed by atoms with Crippen molar-refractivity contribution < 1.29 is 8.83 Å². The van der Waals surface area contributed by atoms with Gasteiger partial charge in [-0.05, 0) is 48.5 Å². The SMILES string of the molecule is c1ccc(-c2nc(-c3cc4c(cc3-n3c5ccccc5c5ccccc53)oc3ccccc34)nc(-c3cc4c(cc3-n3c5ccccc5c5ccccc53)oc3ccccc34)n2)cc1. The van der Waals surface area contributed by atoms with E-state index in [1.54, 1.807) is 0 Å². The summed E-state index contributed by atoms with van der Waals surface area (Å²) in [5.41, 5.74) is 11.9. The second kappa shape index (κ2) is 13.3. The molecule has 0 aliphatic heterocycles. The molecule has 64 heavy (non-hydrogen) atoms. The van der Waals surface area contributed by atoms with E-state index < -0.39 is 0 Å². The first-order chi connectivity index (χ1) is 31.7. The van der Waals surface area contributed by atoms with Gasteiger partial charge in [0.15, 0.2) is 17.5 Å². The molecule has 0 aliphatic rings. The predicted molar refractivity (Wildman–Crippen MR) is 259 cm³/mol. The lowest BCUT2D eigenvalue weighted by atomic mass is 10.0. The summed E-state index contributed by atoms with van der Waals surface area (Å²) in [6, 6.07) is 69.6. The largest absolute Gasteiger partial charge is 0.456 e. The van der Waals surface area contributed by atoms with Crippen molar-refractivity contribution in [2.75, 3.05) is 0 Å². The van der Waals surface area contributed by atoms with Crippen LogP contribution in [0.4, 0.5) is 0 Å². The van der Waals surface area contributed by atoms with Gasteiger partial charge in [0.2, 0.25) is 0 Å². The lowest BCUT2D eigenvalue weighted by Crippen LogP contribution is -2.05. The summed E-state index contributed by atoms with van der Waals surface area (Å²) in [7, 11) is 0. The number of hydrogen-bond acceptors (Lipinski definition) is 5. The second-order valence-corrected chi connectivity index (χ2v) is 16.3. The summed E-state index contributed by atoms with van der Waals surface area (Å²) in [5.74, 6) is 1.65. The molecule has 0 N–H and O–H groups in total. The van der Waals surface area contributed by atoms with Gasteiger partial charge in [0.05, 0.1) is 33.4 Å². The number of aromatic nitrogens is 5. The van der Waals surface area contributed by atoms with Crippen molar-refractivity contribution in [1.82, 2.24) is 24.1 Å². The Labute approximate surface area is 364 Å². The molecule has 0 spiro atoms. The highest BCUT2D eigenvalue weighted by Gasteiger charge is 2.25. The van der Waals surface area contributed by atoms with Gasteiger partial charge in [-0.1, -0.05) is 140 Å². The van der Waals surface area contributed by atoms with Crippen LogP contribution in [-0.4, -0.2) is 24.1 Å². The molecule has 5 heterocycles. The Hall–Kier alpha value is -8.81. The highest BCUT2D eigenvalue weighted by atomic mass is 16.3. The van der Waals surface area contributed by atoms with Crippen molar-refractivity contribution in [3.63, 3.8) is 0 Å². The third-order valence-electron chi connectivity index (χ3n) is 12.8. The molecule has 0 unspecified atom stereocenters. The molecule has 9 aromatic carbocycles. The van der Waals surface area contributed by atoms with Gasteiger partial charge in [0.25, 0.3) is 0 Å². The average Bonchev–Trinajstić information content (AvgIpc) is 4.10. The number of benzene rings is 9. The van der Waals surface area contributed by atoms with E-state index in [0.29, 0.717) is 17.5 Å². The minimum absolute atomic E-state index is 0.540. The molecule has 0 bridgehead atoms. The number of fused-ring (bicyclic) bond motifs is 12. The summed E-state index contributed by atoms with van der Waals surface area (Å²) >= 11 is 0. The first kappa shape index (κ1) is 34.9. The van der Waals surface area contributed by atoms with E-state index in [0.717, 1.165) is 116 Å². The van der Waals surface area contributed by atoms with Crippen LogP contribution in [0.5, 0.6) is 0 Å². The summed E-state index contributed by atoms with van der Waals surface area (Å²) < 4.78 is 17.9. The van der Waals surface area contributed by atoms with Gasteiger partial charge in [-0.25, -0.2) is 15.0 Å². The Bertz CT molecular complexity index is 3850. The molecule has 0 saturated heterocycles. The molecular formula is C57H33N5O2. The number of rotatable bonds is 5. The molecule has 0 saturated carbocycles. The predicted octanol–water partition coefficient (Wildman–Crippen LogP) is 14.9. The zero-order valence-electron chi connectivity index (χ0n) is 34.1. The third kappa shape index (κ3) is 5.06. The molecule has 0 aliphatic carbocycles. The fourth-order valence-electron chi connectivity index (χ4n) is 9.95. The molecule has 0 amide bonds. The van der Waals surface area contributed by atoms with Crippen molar-refractivity contribution in [3.8, 4) is 45.5 Å². The first-order valence-electron chi connectivity index (χ1n) is 21.4. The maximum absolute atomic E-state index is 6.61. The normalized spacial score (nSPS) is 12.1. The highest BCUT2D eigenvalue weighted by Crippen LogP contribution is 2.43. The van der Waals surface area contributed by atoms with Crippen LogP contribution < -0.4 is 0 Å². The fourth-order valence-corrected chi connectivity index (χ4v) is 9.95. The maximum Gasteiger partial charge on any atom is 0.166 e. The third-order valence-corrected chi connectivity index (χ3v) is 12.8. The Morgan fingerprint density at radius 2 is 0.625 bits per heavy atom. The van der Waals surface area contributed by atoms with Crippen LogP contribution in [0.3, 0.4) is 0 Å². The van der Waals surface area contributed by atoms with Crippen molar-refractivity contribution in [2.24, 2.45) is 0 Å².